The third-order valence-corrected chi connectivity index (χ3v) is 9.95. The lowest BCUT2D eigenvalue weighted by molar-refractivity contribution is -0.124. The first-order valence-corrected chi connectivity index (χ1v) is 17.5. The molecule has 3 heterocycles. The van der Waals surface area contributed by atoms with Gasteiger partial charge in [0.15, 0.2) is 0 Å². The van der Waals surface area contributed by atoms with Gasteiger partial charge < -0.3 is 24.2 Å². The number of amides is 4. The summed E-state index contributed by atoms with van der Waals surface area (Å²) in [4.78, 5) is 70.1. The Morgan fingerprint density at radius 3 is 2.17 bits per heavy atom. The molecule has 0 bridgehead atoms. The summed E-state index contributed by atoms with van der Waals surface area (Å²) in [5.74, 6) is 5.67. The van der Waals surface area contributed by atoms with E-state index in [4.69, 9.17) is 9.47 Å². The number of ether oxygens (including phenoxy) is 2. The van der Waals surface area contributed by atoms with Crippen LogP contribution in [-0.2, 0) is 14.3 Å². The van der Waals surface area contributed by atoms with Crippen molar-refractivity contribution in [2.75, 3.05) is 31.1 Å². The second-order valence-corrected chi connectivity index (χ2v) is 16.6. The van der Waals surface area contributed by atoms with Gasteiger partial charge in [-0.2, -0.15) is 0 Å². The zero-order chi connectivity index (χ0) is 34.7. The summed E-state index contributed by atoms with van der Waals surface area (Å²) in [6.45, 7) is 16.8. The van der Waals surface area contributed by atoms with E-state index in [0.717, 1.165) is 37.0 Å². The van der Waals surface area contributed by atoms with Gasteiger partial charge in [0.2, 0.25) is 5.91 Å². The highest BCUT2D eigenvalue weighted by molar-refractivity contribution is 7.15. The Hall–Kier alpha value is -3.46. The molecule has 47 heavy (non-hydrogen) atoms. The SMILES string of the molecule is CC1CCC(C(=O)N(c2cc(C#CC(C)(C)C)sc2C(=O)N=O)C2CCN(C(=O)OC3(C)CCN(C(=O)OC(C)(C)C)C3)CC2)CC1. The highest BCUT2D eigenvalue weighted by Gasteiger charge is 2.43. The van der Waals surface area contributed by atoms with Gasteiger partial charge in [0.1, 0.15) is 16.1 Å². The summed E-state index contributed by atoms with van der Waals surface area (Å²) in [5.41, 5.74) is -1.37. The quantitative estimate of drug-likeness (QED) is 0.239. The number of carbonyl (C=O) groups is 4. The maximum Gasteiger partial charge on any atom is 0.410 e. The molecule has 0 aromatic carbocycles. The van der Waals surface area contributed by atoms with Gasteiger partial charge in [-0.05, 0) is 99.0 Å². The Bertz CT molecular complexity index is 1420. The number of hydrogen-bond donors (Lipinski definition) is 0. The molecule has 4 amide bonds. The van der Waals surface area contributed by atoms with E-state index in [2.05, 4.69) is 23.9 Å². The van der Waals surface area contributed by atoms with Crippen molar-refractivity contribution in [1.82, 2.24) is 9.80 Å². The third kappa shape index (κ3) is 9.55. The number of thiophene rings is 1. The molecule has 3 aliphatic rings. The molecule has 1 aromatic heterocycles. The lowest BCUT2D eigenvalue weighted by Crippen LogP contribution is -2.52. The summed E-state index contributed by atoms with van der Waals surface area (Å²) in [7, 11) is 0. The first kappa shape index (κ1) is 36.4. The van der Waals surface area contributed by atoms with Crippen LogP contribution in [0.4, 0.5) is 15.3 Å². The molecule has 1 saturated carbocycles. The largest absolute Gasteiger partial charge is 0.444 e. The molecule has 1 aromatic rings. The smallest absolute Gasteiger partial charge is 0.410 e. The molecular weight excluding hydrogens is 620 g/mol. The number of rotatable bonds is 5. The molecule has 2 saturated heterocycles. The number of nitrogens with zero attached hydrogens (tertiary/aromatic N) is 4. The van der Waals surface area contributed by atoms with Crippen LogP contribution >= 0.6 is 11.3 Å². The third-order valence-electron chi connectivity index (χ3n) is 8.92. The van der Waals surface area contributed by atoms with Crippen LogP contribution < -0.4 is 4.90 Å². The molecule has 0 spiro atoms. The van der Waals surface area contributed by atoms with Gasteiger partial charge in [-0.3, -0.25) is 9.59 Å². The summed E-state index contributed by atoms with van der Waals surface area (Å²) in [6.07, 6.45) is 3.95. The van der Waals surface area contributed by atoms with Crippen LogP contribution in [0.5, 0.6) is 0 Å². The van der Waals surface area contributed by atoms with E-state index in [1.165, 1.54) is 0 Å². The maximum atomic E-state index is 14.3. The average Bonchev–Trinajstić information content (AvgIpc) is 3.59. The van der Waals surface area contributed by atoms with Crippen molar-refractivity contribution in [3.05, 3.63) is 20.7 Å². The Kier molecular flexibility index (Phi) is 11.1. The normalized spacial score (nSPS) is 23.8. The van der Waals surface area contributed by atoms with Gasteiger partial charge in [0, 0.05) is 48.6 Å². The van der Waals surface area contributed by atoms with Gasteiger partial charge >= 0.3 is 18.1 Å². The molecule has 3 fully saturated rings. The van der Waals surface area contributed by atoms with Crippen LogP contribution in [0.1, 0.15) is 115 Å². The average molecular weight is 671 g/mol. The van der Waals surface area contributed by atoms with E-state index < -0.39 is 29.3 Å². The lowest BCUT2D eigenvalue weighted by atomic mass is 9.82. The number of likely N-dealkylation sites (tertiary alicyclic amines) is 2. The summed E-state index contributed by atoms with van der Waals surface area (Å²) in [6, 6.07) is 1.44. The molecule has 4 rings (SSSR count). The van der Waals surface area contributed by atoms with Crippen LogP contribution in [0.15, 0.2) is 11.2 Å². The molecule has 1 unspecified atom stereocenters. The van der Waals surface area contributed by atoms with Crippen LogP contribution in [-0.4, -0.2) is 77.2 Å². The molecule has 2 aliphatic heterocycles. The van der Waals surface area contributed by atoms with Crippen molar-refractivity contribution >= 4 is 41.0 Å². The fraction of sp³-hybridized carbons (Fsp3) is 0.714. The van der Waals surface area contributed by atoms with E-state index >= 15 is 0 Å². The first-order valence-electron chi connectivity index (χ1n) is 16.7. The zero-order valence-electron chi connectivity index (χ0n) is 29.1. The highest BCUT2D eigenvalue weighted by atomic mass is 32.1. The van der Waals surface area contributed by atoms with Crippen molar-refractivity contribution in [2.24, 2.45) is 22.4 Å². The van der Waals surface area contributed by atoms with E-state index in [1.807, 2.05) is 48.5 Å². The minimum Gasteiger partial charge on any atom is -0.444 e. The Labute approximate surface area is 282 Å². The monoisotopic (exact) mass is 670 g/mol. The van der Waals surface area contributed by atoms with Crippen LogP contribution in [0.2, 0.25) is 0 Å². The van der Waals surface area contributed by atoms with E-state index in [-0.39, 0.29) is 34.7 Å². The predicted octanol–water partition coefficient (Wildman–Crippen LogP) is 7.21. The lowest BCUT2D eigenvalue weighted by Gasteiger charge is -2.41. The van der Waals surface area contributed by atoms with Crippen molar-refractivity contribution in [3.63, 3.8) is 0 Å². The molecule has 0 N–H and O–H groups in total. The fourth-order valence-corrected chi connectivity index (χ4v) is 7.22. The van der Waals surface area contributed by atoms with Gasteiger partial charge in [0.05, 0.1) is 17.1 Å². The maximum absolute atomic E-state index is 14.3. The zero-order valence-corrected chi connectivity index (χ0v) is 30.0. The minimum absolute atomic E-state index is 0.0632. The molecule has 0 radical (unpaired) electrons. The van der Waals surface area contributed by atoms with E-state index in [1.54, 1.807) is 20.8 Å². The van der Waals surface area contributed by atoms with Crippen LogP contribution in [0, 0.1) is 34.0 Å². The van der Waals surface area contributed by atoms with Crippen LogP contribution in [0.3, 0.4) is 0 Å². The van der Waals surface area contributed by atoms with Crippen LogP contribution in [0.25, 0.3) is 0 Å². The highest BCUT2D eigenvalue weighted by Crippen LogP contribution is 2.38. The molecule has 11 nitrogen and oxygen atoms in total. The molecular formula is C35H50N4O7S. The van der Waals surface area contributed by atoms with Crippen molar-refractivity contribution in [2.45, 2.75) is 118 Å². The summed E-state index contributed by atoms with van der Waals surface area (Å²) >= 11 is 1.09. The number of anilines is 1. The second-order valence-electron chi connectivity index (χ2n) is 15.6. The van der Waals surface area contributed by atoms with Crippen molar-refractivity contribution < 1.29 is 28.7 Å². The molecule has 12 heteroatoms. The van der Waals surface area contributed by atoms with E-state index in [9.17, 15) is 24.1 Å². The van der Waals surface area contributed by atoms with E-state index in [0.29, 0.717) is 55.4 Å². The number of piperidine rings is 1. The first-order chi connectivity index (χ1) is 21.9. The Morgan fingerprint density at radius 1 is 0.957 bits per heavy atom. The van der Waals surface area contributed by atoms with Gasteiger partial charge in [-0.25, -0.2) is 9.59 Å². The number of nitroso groups, excluding NO2 is 1. The molecule has 1 atom stereocenters. The summed E-state index contributed by atoms with van der Waals surface area (Å²) in [5, 5.41) is 2.71. The second kappa shape index (κ2) is 14.3. The Balaban J connectivity index is 1.52. The van der Waals surface area contributed by atoms with Crippen molar-refractivity contribution in [1.29, 1.82) is 0 Å². The predicted molar refractivity (Wildman–Crippen MR) is 181 cm³/mol. The minimum atomic E-state index is -0.921. The standard InChI is InChI=1S/C35H50N4O7S/c1-23-9-11-24(12-10-23)30(41)39(27-21-26(13-16-33(2,3)4)47-28(27)29(40)36-44)25-14-18-37(19-15-25)31(42)46-35(8)17-20-38(22-35)32(43)45-34(5,6)7/h21,23-25H,9-12,14-15,17-20,22H2,1-8H3. The Morgan fingerprint density at radius 2 is 1.60 bits per heavy atom. The number of carbonyl (C=O) groups excluding carboxylic acids is 4. The summed E-state index contributed by atoms with van der Waals surface area (Å²) < 4.78 is 11.4. The topological polar surface area (TPSA) is 126 Å². The van der Waals surface area contributed by atoms with Gasteiger partial charge in [0.25, 0.3) is 0 Å². The fourth-order valence-electron chi connectivity index (χ4n) is 6.35. The van der Waals surface area contributed by atoms with Gasteiger partial charge in [-0.1, -0.05) is 18.8 Å². The number of hydrogen-bond acceptors (Lipinski definition) is 8. The molecule has 1 aliphatic carbocycles. The van der Waals surface area contributed by atoms with Gasteiger partial charge in [-0.15, -0.1) is 16.2 Å². The molecule has 258 valence electrons. The van der Waals surface area contributed by atoms with Crippen molar-refractivity contribution in [3.8, 4) is 11.8 Å².